The molecule has 1 aliphatic rings. The number of amides is 1. The first kappa shape index (κ1) is 17.1. The van der Waals surface area contributed by atoms with Crippen LogP contribution in [-0.4, -0.2) is 26.0 Å². The van der Waals surface area contributed by atoms with Crippen LogP contribution in [0.5, 0.6) is 0 Å². The molecule has 0 bridgehead atoms. The summed E-state index contributed by atoms with van der Waals surface area (Å²) in [4.78, 5) is 13.0. The smallest absolute Gasteiger partial charge is 0.240 e. The molecule has 8 heteroatoms. The molecule has 2 atom stereocenters. The molecule has 2 aromatic carbocycles. The van der Waals surface area contributed by atoms with Gasteiger partial charge in [-0.25, -0.2) is 4.68 Å². The van der Waals surface area contributed by atoms with Crippen molar-refractivity contribution in [3.05, 3.63) is 70.5 Å². The number of carbonyl (C=O) groups excluding carboxylic acids is 1. The predicted molar refractivity (Wildman–Crippen MR) is 106 cm³/mol. The molecule has 1 aliphatic heterocycles. The molecular weight excluding hydrogens is 414 g/mol. The van der Waals surface area contributed by atoms with Crippen molar-refractivity contribution in [2.45, 2.75) is 23.4 Å². The maximum Gasteiger partial charge on any atom is 0.240 e. The van der Waals surface area contributed by atoms with E-state index in [0.29, 0.717) is 5.16 Å². The van der Waals surface area contributed by atoms with Gasteiger partial charge in [0.1, 0.15) is 11.1 Å². The number of aryl methyl sites for hydroxylation is 1. The second kappa shape index (κ2) is 7.13. The fourth-order valence-corrected chi connectivity index (χ4v) is 4.21. The van der Waals surface area contributed by atoms with E-state index in [1.165, 1.54) is 11.8 Å². The van der Waals surface area contributed by atoms with Gasteiger partial charge in [0.25, 0.3) is 0 Å². The van der Waals surface area contributed by atoms with Crippen molar-refractivity contribution in [3.8, 4) is 0 Å². The molecular formula is C18H16BrN5OS. The molecule has 0 saturated heterocycles. The zero-order valence-corrected chi connectivity index (χ0v) is 16.3. The third-order valence-corrected chi connectivity index (χ3v) is 5.87. The minimum atomic E-state index is -0.378. The van der Waals surface area contributed by atoms with Crippen molar-refractivity contribution in [1.29, 1.82) is 0 Å². The van der Waals surface area contributed by atoms with E-state index < -0.39 is 0 Å². The second-order valence-electron chi connectivity index (χ2n) is 5.92. The minimum Gasteiger partial charge on any atom is -0.325 e. The Morgan fingerprint density at radius 3 is 2.62 bits per heavy atom. The number of fused-ring (bicyclic) bond motifs is 1. The first-order valence-corrected chi connectivity index (χ1v) is 9.76. The largest absolute Gasteiger partial charge is 0.325 e. The van der Waals surface area contributed by atoms with E-state index in [0.717, 1.165) is 21.5 Å². The molecule has 2 N–H and O–H groups in total. The Balaban J connectivity index is 1.64. The van der Waals surface area contributed by atoms with Gasteiger partial charge in [0.2, 0.25) is 11.1 Å². The van der Waals surface area contributed by atoms with Crippen molar-refractivity contribution in [1.82, 2.24) is 14.9 Å². The summed E-state index contributed by atoms with van der Waals surface area (Å²) in [6.45, 7) is 1.88. The van der Waals surface area contributed by atoms with Crippen LogP contribution in [0, 0.1) is 6.92 Å². The van der Waals surface area contributed by atoms with E-state index in [9.17, 15) is 4.79 Å². The van der Waals surface area contributed by atoms with Gasteiger partial charge in [0, 0.05) is 10.2 Å². The Bertz CT molecular complexity index is 929. The van der Waals surface area contributed by atoms with Crippen molar-refractivity contribution in [2.24, 2.45) is 0 Å². The third-order valence-electron chi connectivity index (χ3n) is 4.13. The maximum atomic E-state index is 13.0. The zero-order valence-electron chi connectivity index (χ0n) is 13.9. The summed E-state index contributed by atoms with van der Waals surface area (Å²) in [5.74, 6) is 0.686. The van der Waals surface area contributed by atoms with Gasteiger partial charge in [-0.2, -0.15) is 0 Å². The number of hydrogen-bond acceptors (Lipinski definition) is 5. The van der Waals surface area contributed by atoms with Gasteiger partial charge >= 0.3 is 0 Å². The number of hydrogen-bond donors (Lipinski definition) is 2. The predicted octanol–water partition coefficient (Wildman–Crippen LogP) is 3.75. The Kier molecular flexibility index (Phi) is 4.69. The highest BCUT2D eigenvalue weighted by atomic mass is 79.9. The summed E-state index contributed by atoms with van der Waals surface area (Å²) in [5.41, 5.74) is 5.18. The first-order valence-electron chi connectivity index (χ1n) is 8.08. The second-order valence-corrected chi connectivity index (χ2v) is 7.94. The Hall–Kier alpha value is -2.32. The average Bonchev–Trinajstić information content (AvgIpc) is 3.03. The number of nitrogens with zero attached hydrogens (tertiary/aromatic N) is 3. The van der Waals surface area contributed by atoms with Crippen LogP contribution in [0.15, 0.2) is 64.2 Å². The molecule has 2 heterocycles. The van der Waals surface area contributed by atoms with E-state index >= 15 is 0 Å². The lowest BCUT2D eigenvalue weighted by atomic mass is 10.0. The molecule has 3 aromatic rings. The number of rotatable bonds is 3. The number of benzene rings is 2. The topological polar surface area (TPSA) is 71.8 Å². The summed E-state index contributed by atoms with van der Waals surface area (Å²) in [7, 11) is 0. The molecule has 0 aliphatic carbocycles. The third kappa shape index (κ3) is 3.34. The number of thioether (sulfide) groups is 1. The average molecular weight is 430 g/mol. The van der Waals surface area contributed by atoms with Gasteiger partial charge in [0.15, 0.2) is 0 Å². The summed E-state index contributed by atoms with van der Waals surface area (Å²) in [5, 5.41) is 11.6. The Labute approximate surface area is 163 Å². The molecule has 1 aromatic heterocycles. The molecule has 4 rings (SSSR count). The standard InChI is InChI=1S/C18H16BrN5OS/c1-11-21-22-18-24(11)23-15(12-5-3-2-4-6-12)16(26-18)17(25)20-14-9-7-13(19)8-10-14/h2-10,15-16,23H,1H3,(H,20,25)/t15-,16-/m0/s1. The van der Waals surface area contributed by atoms with E-state index in [1.807, 2.05) is 66.2 Å². The van der Waals surface area contributed by atoms with Gasteiger partial charge in [-0.05, 0) is 36.8 Å². The quantitative estimate of drug-likeness (QED) is 0.663. The first-order chi connectivity index (χ1) is 12.6. The number of halogens is 1. The van der Waals surface area contributed by atoms with Gasteiger partial charge in [0.05, 0.1) is 6.04 Å². The molecule has 1 amide bonds. The number of aromatic nitrogens is 3. The highest BCUT2D eigenvalue weighted by Gasteiger charge is 2.37. The van der Waals surface area contributed by atoms with Crippen molar-refractivity contribution < 1.29 is 4.79 Å². The highest BCUT2D eigenvalue weighted by molar-refractivity contribution is 9.10. The normalized spacial score (nSPS) is 18.7. The highest BCUT2D eigenvalue weighted by Crippen LogP contribution is 2.37. The fourth-order valence-electron chi connectivity index (χ4n) is 2.82. The van der Waals surface area contributed by atoms with Crippen LogP contribution in [0.4, 0.5) is 5.69 Å². The molecule has 132 valence electrons. The van der Waals surface area contributed by atoms with Crippen LogP contribution in [0.2, 0.25) is 0 Å². The van der Waals surface area contributed by atoms with Crippen molar-refractivity contribution in [3.63, 3.8) is 0 Å². The lowest BCUT2D eigenvalue weighted by molar-refractivity contribution is -0.116. The lowest BCUT2D eigenvalue weighted by Crippen LogP contribution is -2.41. The SMILES string of the molecule is Cc1nnc2n1N[C@@H](c1ccccc1)[C@@H](C(=O)Nc1ccc(Br)cc1)S2. The van der Waals surface area contributed by atoms with Crippen molar-refractivity contribution >= 4 is 39.3 Å². The minimum absolute atomic E-state index is 0.0782. The summed E-state index contributed by atoms with van der Waals surface area (Å²) < 4.78 is 2.81. The fraction of sp³-hybridized carbons (Fsp3) is 0.167. The van der Waals surface area contributed by atoms with Crippen molar-refractivity contribution in [2.75, 3.05) is 10.7 Å². The zero-order chi connectivity index (χ0) is 18.1. The van der Waals surface area contributed by atoms with E-state index in [4.69, 9.17) is 0 Å². The Morgan fingerprint density at radius 1 is 1.15 bits per heavy atom. The molecule has 6 nitrogen and oxygen atoms in total. The van der Waals surface area contributed by atoms with Gasteiger partial charge in [-0.15, -0.1) is 10.2 Å². The van der Waals surface area contributed by atoms with E-state index in [1.54, 1.807) is 0 Å². The maximum absolute atomic E-state index is 13.0. The molecule has 26 heavy (non-hydrogen) atoms. The molecule has 0 radical (unpaired) electrons. The van der Waals surface area contributed by atoms with Gasteiger partial charge in [-0.3, -0.25) is 4.79 Å². The van der Waals surface area contributed by atoms with Crippen LogP contribution < -0.4 is 10.7 Å². The van der Waals surface area contributed by atoms with Crippen LogP contribution in [0.3, 0.4) is 0 Å². The van der Waals surface area contributed by atoms with Crippen LogP contribution in [0.1, 0.15) is 17.4 Å². The van der Waals surface area contributed by atoms with Gasteiger partial charge in [-0.1, -0.05) is 58.0 Å². The van der Waals surface area contributed by atoms with Crippen LogP contribution in [0.25, 0.3) is 0 Å². The van der Waals surface area contributed by atoms with Crippen LogP contribution in [-0.2, 0) is 4.79 Å². The summed E-state index contributed by atoms with van der Waals surface area (Å²) in [6, 6.07) is 17.3. The molecule has 0 spiro atoms. The molecule has 0 fully saturated rings. The van der Waals surface area contributed by atoms with Crippen LogP contribution >= 0.6 is 27.7 Å². The van der Waals surface area contributed by atoms with E-state index in [-0.39, 0.29) is 17.2 Å². The molecule has 0 saturated carbocycles. The number of nitrogens with one attached hydrogen (secondary N) is 2. The summed E-state index contributed by atoms with van der Waals surface area (Å²) >= 11 is 4.82. The Morgan fingerprint density at radius 2 is 1.88 bits per heavy atom. The summed E-state index contributed by atoms with van der Waals surface area (Å²) in [6.07, 6.45) is 0. The number of anilines is 1. The van der Waals surface area contributed by atoms with E-state index in [2.05, 4.69) is 36.9 Å². The molecule has 0 unspecified atom stereocenters. The van der Waals surface area contributed by atoms with Gasteiger partial charge < -0.3 is 10.7 Å². The lowest BCUT2D eigenvalue weighted by Gasteiger charge is -2.32. The number of carbonyl (C=O) groups is 1. The monoisotopic (exact) mass is 429 g/mol.